The summed E-state index contributed by atoms with van der Waals surface area (Å²) in [4.78, 5) is 28.1. The van der Waals surface area contributed by atoms with E-state index >= 15 is 0 Å². The molecule has 0 saturated heterocycles. The summed E-state index contributed by atoms with van der Waals surface area (Å²) in [6.45, 7) is 4.07. The van der Waals surface area contributed by atoms with Crippen molar-refractivity contribution in [1.29, 1.82) is 0 Å². The molecule has 1 amide bonds. The minimum Gasteiger partial charge on any atom is -0.492 e. The maximum atomic E-state index is 12.6. The van der Waals surface area contributed by atoms with Gasteiger partial charge in [-0.2, -0.15) is 0 Å². The van der Waals surface area contributed by atoms with E-state index in [1.54, 1.807) is 42.7 Å². The van der Waals surface area contributed by atoms with Crippen LogP contribution in [0.2, 0.25) is 0 Å². The van der Waals surface area contributed by atoms with Gasteiger partial charge in [-0.25, -0.2) is 0 Å². The van der Waals surface area contributed by atoms with Crippen molar-refractivity contribution in [3.63, 3.8) is 0 Å². The van der Waals surface area contributed by atoms with Crippen LogP contribution < -0.4 is 15.2 Å². The number of amides is 1. The molecule has 0 spiro atoms. The number of nitrogens with two attached hydrogens (primary N) is 1. The maximum absolute atomic E-state index is 12.6. The third kappa shape index (κ3) is 3.76. The van der Waals surface area contributed by atoms with Gasteiger partial charge in [0, 0.05) is 24.0 Å². The normalized spacial score (nSPS) is 15.6. The van der Waals surface area contributed by atoms with Gasteiger partial charge in [-0.05, 0) is 61.4 Å². The zero-order valence-corrected chi connectivity index (χ0v) is 16.8. The highest BCUT2D eigenvalue weighted by atomic mass is 16.5. The predicted molar refractivity (Wildman–Crippen MR) is 112 cm³/mol. The summed E-state index contributed by atoms with van der Waals surface area (Å²) in [5.74, 6) is 0.668. The molecule has 2 N–H and O–H groups in total. The molecule has 1 atom stereocenters. The topological polar surface area (TPSA) is 91.5 Å². The fourth-order valence-electron chi connectivity index (χ4n) is 3.40. The van der Waals surface area contributed by atoms with E-state index in [0.29, 0.717) is 29.2 Å². The molecule has 30 heavy (non-hydrogen) atoms. The summed E-state index contributed by atoms with van der Waals surface area (Å²) in [7, 11) is 0. The van der Waals surface area contributed by atoms with E-state index in [1.807, 2.05) is 38.1 Å². The molecular weight excluding hydrogens is 380 g/mol. The Hall–Kier alpha value is -3.67. The molecule has 6 nitrogen and oxygen atoms in total. The van der Waals surface area contributed by atoms with E-state index in [1.165, 1.54) is 0 Å². The van der Waals surface area contributed by atoms with E-state index in [9.17, 15) is 9.59 Å². The molecule has 2 heterocycles. The summed E-state index contributed by atoms with van der Waals surface area (Å²) < 4.78 is 12.1. The van der Waals surface area contributed by atoms with Crippen molar-refractivity contribution in [1.82, 2.24) is 4.98 Å². The van der Waals surface area contributed by atoms with Crippen LogP contribution in [0.5, 0.6) is 11.5 Å². The first-order valence-corrected chi connectivity index (χ1v) is 9.63. The summed E-state index contributed by atoms with van der Waals surface area (Å²) >= 11 is 0. The highest BCUT2D eigenvalue weighted by molar-refractivity contribution is 6.03. The minimum absolute atomic E-state index is 0.0584. The number of ether oxygens (including phenoxy) is 2. The lowest BCUT2D eigenvalue weighted by molar-refractivity contribution is 0.0691. The highest BCUT2D eigenvalue weighted by Gasteiger charge is 2.36. The second-order valence-electron chi connectivity index (χ2n) is 7.92. The first kappa shape index (κ1) is 19.6. The Bertz CT molecular complexity index is 1090. The molecule has 1 aliphatic heterocycles. The molecule has 0 aliphatic carbocycles. The lowest BCUT2D eigenvalue weighted by Gasteiger charge is -2.30. The van der Waals surface area contributed by atoms with Crippen LogP contribution in [0, 0.1) is 5.41 Å². The van der Waals surface area contributed by atoms with Crippen molar-refractivity contribution in [2.24, 2.45) is 11.1 Å². The van der Waals surface area contributed by atoms with Gasteiger partial charge in [0.15, 0.2) is 5.78 Å². The first-order chi connectivity index (χ1) is 14.3. The van der Waals surface area contributed by atoms with E-state index < -0.39 is 17.4 Å². The monoisotopic (exact) mass is 402 g/mol. The SMILES string of the molecule is CC1(C)COc2cc(OC(c3ccncc3)c3ccc(C(N)=O)cc3)ccc2C1=O. The van der Waals surface area contributed by atoms with Crippen LogP contribution in [0.15, 0.2) is 67.0 Å². The molecule has 0 bridgehead atoms. The lowest BCUT2D eigenvalue weighted by atomic mass is 9.83. The number of aromatic nitrogens is 1. The summed E-state index contributed by atoms with van der Waals surface area (Å²) in [6.07, 6.45) is 2.95. The van der Waals surface area contributed by atoms with E-state index in [4.69, 9.17) is 15.2 Å². The lowest BCUT2D eigenvalue weighted by Crippen LogP contribution is -2.35. The fourth-order valence-corrected chi connectivity index (χ4v) is 3.40. The standard InChI is InChI=1S/C24H22N2O4/c1-24(2)14-29-20-13-18(7-8-19(20)22(24)27)30-21(16-9-11-26-12-10-16)15-3-5-17(6-4-15)23(25)28/h3-13,21H,14H2,1-2H3,(H2,25,28). The average Bonchev–Trinajstić information content (AvgIpc) is 2.75. The quantitative estimate of drug-likeness (QED) is 0.698. The Balaban J connectivity index is 1.68. The van der Waals surface area contributed by atoms with Crippen LogP contribution in [-0.4, -0.2) is 23.3 Å². The molecule has 0 radical (unpaired) electrons. The van der Waals surface area contributed by atoms with Gasteiger partial charge in [0.05, 0.1) is 11.0 Å². The molecule has 0 fully saturated rings. The van der Waals surface area contributed by atoms with E-state index in [-0.39, 0.29) is 5.78 Å². The molecule has 3 aromatic rings. The number of Topliss-reactive ketones (excluding diaryl/α,β-unsaturated/α-hetero) is 1. The Morgan fingerprint density at radius 2 is 1.73 bits per heavy atom. The van der Waals surface area contributed by atoms with Crippen LogP contribution >= 0.6 is 0 Å². The highest BCUT2D eigenvalue weighted by Crippen LogP contribution is 2.38. The van der Waals surface area contributed by atoms with Crippen molar-refractivity contribution in [2.75, 3.05) is 6.61 Å². The van der Waals surface area contributed by atoms with Crippen molar-refractivity contribution in [2.45, 2.75) is 20.0 Å². The Morgan fingerprint density at radius 3 is 2.40 bits per heavy atom. The Kier molecular flexibility index (Phi) is 4.99. The molecule has 2 aromatic carbocycles. The summed E-state index contributed by atoms with van der Waals surface area (Å²) in [6, 6.07) is 16.0. The summed E-state index contributed by atoms with van der Waals surface area (Å²) in [5.41, 5.74) is 7.54. The predicted octanol–water partition coefficient (Wildman–Crippen LogP) is 3.95. The number of carbonyl (C=O) groups is 2. The molecular formula is C24H22N2O4. The molecule has 6 heteroatoms. The zero-order chi connectivity index (χ0) is 21.3. The number of pyridine rings is 1. The van der Waals surface area contributed by atoms with E-state index in [0.717, 1.165) is 11.1 Å². The molecule has 152 valence electrons. The number of primary amides is 1. The third-order valence-electron chi connectivity index (χ3n) is 5.16. The smallest absolute Gasteiger partial charge is 0.248 e. The Labute approximate surface area is 174 Å². The van der Waals surface area contributed by atoms with Crippen LogP contribution in [0.4, 0.5) is 0 Å². The van der Waals surface area contributed by atoms with Gasteiger partial charge < -0.3 is 15.2 Å². The van der Waals surface area contributed by atoms with Gasteiger partial charge in [0.1, 0.15) is 24.2 Å². The summed E-state index contributed by atoms with van der Waals surface area (Å²) in [5, 5.41) is 0. The van der Waals surface area contributed by atoms with Gasteiger partial charge in [-0.3, -0.25) is 14.6 Å². The van der Waals surface area contributed by atoms with E-state index in [2.05, 4.69) is 4.98 Å². The number of carbonyl (C=O) groups excluding carboxylic acids is 2. The van der Waals surface area contributed by atoms with Gasteiger partial charge in [0.2, 0.25) is 5.91 Å². The number of hydrogen-bond donors (Lipinski definition) is 1. The third-order valence-corrected chi connectivity index (χ3v) is 5.16. The number of hydrogen-bond acceptors (Lipinski definition) is 5. The molecule has 1 aliphatic rings. The van der Waals surface area contributed by atoms with Crippen molar-refractivity contribution in [3.05, 3.63) is 89.2 Å². The van der Waals surface area contributed by atoms with Gasteiger partial charge in [-0.1, -0.05) is 12.1 Å². The Morgan fingerprint density at radius 1 is 1.07 bits per heavy atom. The van der Waals surface area contributed by atoms with Gasteiger partial charge >= 0.3 is 0 Å². The van der Waals surface area contributed by atoms with Crippen LogP contribution in [0.25, 0.3) is 0 Å². The van der Waals surface area contributed by atoms with Crippen molar-refractivity contribution >= 4 is 11.7 Å². The van der Waals surface area contributed by atoms with Crippen molar-refractivity contribution < 1.29 is 19.1 Å². The van der Waals surface area contributed by atoms with Gasteiger partial charge in [0.25, 0.3) is 0 Å². The second kappa shape index (κ2) is 7.63. The number of ketones is 1. The number of fused-ring (bicyclic) bond motifs is 1. The average molecular weight is 402 g/mol. The second-order valence-corrected chi connectivity index (χ2v) is 7.92. The van der Waals surface area contributed by atoms with Crippen LogP contribution in [0.3, 0.4) is 0 Å². The largest absolute Gasteiger partial charge is 0.492 e. The molecule has 1 aromatic heterocycles. The molecule has 1 unspecified atom stereocenters. The number of benzene rings is 2. The number of nitrogens with zero attached hydrogens (tertiary/aromatic N) is 1. The van der Waals surface area contributed by atoms with Gasteiger partial charge in [-0.15, -0.1) is 0 Å². The zero-order valence-electron chi connectivity index (χ0n) is 16.8. The van der Waals surface area contributed by atoms with Crippen LogP contribution in [0.1, 0.15) is 51.8 Å². The fraction of sp³-hybridized carbons (Fsp3) is 0.208. The minimum atomic E-state index is -0.545. The molecule has 0 saturated carbocycles. The van der Waals surface area contributed by atoms with Crippen LogP contribution in [-0.2, 0) is 0 Å². The maximum Gasteiger partial charge on any atom is 0.248 e. The first-order valence-electron chi connectivity index (χ1n) is 9.63. The van der Waals surface area contributed by atoms with Crippen molar-refractivity contribution in [3.8, 4) is 11.5 Å². The molecule has 4 rings (SSSR count). The number of rotatable bonds is 5.